The standard InChI is InChI=1S/C15H14N2S/c1-2-4-14-7-12(5-6-13(14)3-1)8-16-9-15-10-18-11-17-15/h1-7,10-11,16H,8-9H2. The summed E-state index contributed by atoms with van der Waals surface area (Å²) >= 11 is 1.64. The molecule has 0 saturated heterocycles. The van der Waals surface area contributed by atoms with E-state index in [4.69, 9.17) is 0 Å². The Hall–Kier alpha value is -1.71. The van der Waals surface area contributed by atoms with Crippen molar-refractivity contribution in [2.24, 2.45) is 0 Å². The molecule has 3 rings (SSSR count). The van der Waals surface area contributed by atoms with Crippen molar-refractivity contribution in [2.45, 2.75) is 13.1 Å². The summed E-state index contributed by atoms with van der Waals surface area (Å²) in [6.45, 7) is 1.71. The smallest absolute Gasteiger partial charge is 0.0795 e. The van der Waals surface area contributed by atoms with Crippen LogP contribution in [0.15, 0.2) is 53.4 Å². The second-order valence-corrected chi connectivity index (χ2v) is 4.98. The predicted octanol–water partition coefficient (Wildman–Crippen LogP) is 3.59. The molecule has 3 heteroatoms. The number of nitrogens with one attached hydrogen (secondary N) is 1. The van der Waals surface area contributed by atoms with Crippen LogP contribution in [-0.2, 0) is 13.1 Å². The van der Waals surface area contributed by atoms with E-state index in [1.54, 1.807) is 11.3 Å². The third-order valence-electron chi connectivity index (χ3n) is 2.93. The van der Waals surface area contributed by atoms with Crippen LogP contribution in [0.4, 0.5) is 0 Å². The fourth-order valence-electron chi connectivity index (χ4n) is 2.01. The zero-order chi connectivity index (χ0) is 12.2. The second kappa shape index (κ2) is 5.29. The monoisotopic (exact) mass is 254 g/mol. The number of nitrogens with zero attached hydrogens (tertiary/aromatic N) is 1. The Morgan fingerprint density at radius 1 is 1.00 bits per heavy atom. The van der Waals surface area contributed by atoms with E-state index in [-0.39, 0.29) is 0 Å². The Kier molecular flexibility index (Phi) is 3.35. The van der Waals surface area contributed by atoms with Crippen LogP contribution in [0, 0.1) is 0 Å². The number of fused-ring (bicyclic) bond motifs is 1. The molecule has 2 aromatic carbocycles. The summed E-state index contributed by atoms with van der Waals surface area (Å²) in [6.07, 6.45) is 0. The minimum atomic E-state index is 0.830. The molecule has 0 amide bonds. The van der Waals surface area contributed by atoms with Crippen molar-refractivity contribution >= 4 is 22.1 Å². The fraction of sp³-hybridized carbons (Fsp3) is 0.133. The molecular formula is C15H14N2S. The quantitative estimate of drug-likeness (QED) is 0.769. The number of benzene rings is 2. The Morgan fingerprint density at radius 2 is 1.89 bits per heavy atom. The number of rotatable bonds is 4. The minimum Gasteiger partial charge on any atom is -0.307 e. The summed E-state index contributed by atoms with van der Waals surface area (Å²) in [5, 5.41) is 8.08. The van der Waals surface area contributed by atoms with Crippen molar-refractivity contribution in [3.05, 3.63) is 64.6 Å². The summed E-state index contributed by atoms with van der Waals surface area (Å²) in [5.74, 6) is 0. The Morgan fingerprint density at radius 3 is 2.72 bits per heavy atom. The molecule has 0 aliphatic carbocycles. The van der Waals surface area contributed by atoms with E-state index in [2.05, 4.69) is 58.1 Å². The molecule has 18 heavy (non-hydrogen) atoms. The van der Waals surface area contributed by atoms with Gasteiger partial charge in [0.25, 0.3) is 0 Å². The van der Waals surface area contributed by atoms with E-state index >= 15 is 0 Å². The molecular weight excluding hydrogens is 240 g/mol. The van der Waals surface area contributed by atoms with E-state index in [1.165, 1.54) is 16.3 Å². The third-order valence-corrected chi connectivity index (χ3v) is 3.57. The van der Waals surface area contributed by atoms with Gasteiger partial charge in [0.15, 0.2) is 0 Å². The van der Waals surface area contributed by atoms with Crippen molar-refractivity contribution in [3.8, 4) is 0 Å². The first-order chi connectivity index (χ1) is 8.92. The lowest BCUT2D eigenvalue weighted by molar-refractivity contribution is 0.683. The molecule has 0 unspecified atom stereocenters. The average molecular weight is 254 g/mol. The first kappa shape index (κ1) is 11.4. The topological polar surface area (TPSA) is 24.9 Å². The van der Waals surface area contributed by atoms with Gasteiger partial charge < -0.3 is 5.32 Å². The van der Waals surface area contributed by atoms with Gasteiger partial charge in [0.1, 0.15) is 0 Å². The molecule has 0 bridgehead atoms. The molecule has 0 spiro atoms. The van der Waals surface area contributed by atoms with Gasteiger partial charge in [-0.05, 0) is 22.4 Å². The van der Waals surface area contributed by atoms with Crippen molar-refractivity contribution in [3.63, 3.8) is 0 Å². The van der Waals surface area contributed by atoms with Crippen molar-refractivity contribution in [2.75, 3.05) is 0 Å². The van der Waals surface area contributed by atoms with Crippen molar-refractivity contribution < 1.29 is 0 Å². The zero-order valence-electron chi connectivity index (χ0n) is 9.97. The highest BCUT2D eigenvalue weighted by molar-refractivity contribution is 7.07. The minimum absolute atomic E-state index is 0.830. The Bertz CT molecular complexity index is 632. The van der Waals surface area contributed by atoms with Gasteiger partial charge >= 0.3 is 0 Å². The molecule has 0 aliphatic heterocycles. The summed E-state index contributed by atoms with van der Waals surface area (Å²) in [7, 11) is 0. The highest BCUT2D eigenvalue weighted by Crippen LogP contribution is 2.15. The van der Waals surface area contributed by atoms with Crippen LogP contribution in [0.2, 0.25) is 0 Å². The maximum atomic E-state index is 4.25. The maximum absolute atomic E-state index is 4.25. The van der Waals surface area contributed by atoms with Gasteiger partial charge in [0.05, 0.1) is 11.2 Å². The van der Waals surface area contributed by atoms with Crippen molar-refractivity contribution in [1.29, 1.82) is 0 Å². The summed E-state index contributed by atoms with van der Waals surface area (Å²) in [6, 6.07) is 15.0. The first-order valence-electron chi connectivity index (χ1n) is 5.97. The third kappa shape index (κ3) is 2.58. The average Bonchev–Trinajstić information content (AvgIpc) is 2.92. The Balaban J connectivity index is 1.67. The van der Waals surface area contributed by atoms with Crippen LogP contribution >= 0.6 is 11.3 Å². The summed E-state index contributed by atoms with van der Waals surface area (Å²) < 4.78 is 0. The Labute approximate surface area is 110 Å². The van der Waals surface area contributed by atoms with Gasteiger partial charge in [-0.1, -0.05) is 36.4 Å². The molecule has 90 valence electrons. The van der Waals surface area contributed by atoms with Crippen LogP contribution in [0.1, 0.15) is 11.3 Å². The maximum Gasteiger partial charge on any atom is 0.0795 e. The van der Waals surface area contributed by atoms with Crippen molar-refractivity contribution in [1.82, 2.24) is 10.3 Å². The first-order valence-corrected chi connectivity index (χ1v) is 6.91. The lowest BCUT2D eigenvalue weighted by Crippen LogP contribution is -2.12. The molecule has 0 fully saturated rings. The number of hydrogen-bond acceptors (Lipinski definition) is 3. The van der Waals surface area contributed by atoms with Gasteiger partial charge in [-0.3, -0.25) is 0 Å². The van der Waals surface area contributed by atoms with Crippen LogP contribution in [-0.4, -0.2) is 4.98 Å². The largest absolute Gasteiger partial charge is 0.307 e. The normalized spacial score (nSPS) is 10.9. The van der Waals surface area contributed by atoms with Gasteiger partial charge in [-0.2, -0.15) is 0 Å². The molecule has 0 radical (unpaired) electrons. The van der Waals surface area contributed by atoms with E-state index in [9.17, 15) is 0 Å². The van der Waals surface area contributed by atoms with Gasteiger partial charge in [-0.25, -0.2) is 4.98 Å². The van der Waals surface area contributed by atoms with Crippen LogP contribution in [0.25, 0.3) is 10.8 Å². The van der Waals surface area contributed by atoms with Gasteiger partial charge in [-0.15, -0.1) is 11.3 Å². The lowest BCUT2D eigenvalue weighted by Gasteiger charge is -2.05. The van der Waals surface area contributed by atoms with E-state index < -0.39 is 0 Å². The summed E-state index contributed by atoms with van der Waals surface area (Å²) in [4.78, 5) is 4.25. The molecule has 0 saturated carbocycles. The van der Waals surface area contributed by atoms with Gasteiger partial charge in [0, 0.05) is 18.5 Å². The summed E-state index contributed by atoms with van der Waals surface area (Å²) in [5.41, 5.74) is 4.29. The zero-order valence-corrected chi connectivity index (χ0v) is 10.8. The van der Waals surface area contributed by atoms with E-state index in [0.29, 0.717) is 0 Å². The molecule has 0 aliphatic rings. The molecule has 1 N–H and O–H groups in total. The highest BCUT2D eigenvalue weighted by atomic mass is 32.1. The number of thiazole rings is 1. The molecule has 2 nitrogen and oxygen atoms in total. The van der Waals surface area contributed by atoms with Crippen LogP contribution < -0.4 is 5.32 Å². The molecule has 0 atom stereocenters. The van der Waals surface area contributed by atoms with Crippen LogP contribution in [0.3, 0.4) is 0 Å². The molecule has 1 aromatic heterocycles. The highest BCUT2D eigenvalue weighted by Gasteiger charge is 1.97. The number of hydrogen-bond donors (Lipinski definition) is 1. The van der Waals surface area contributed by atoms with E-state index in [1.807, 2.05) is 5.51 Å². The fourth-order valence-corrected chi connectivity index (χ4v) is 2.57. The van der Waals surface area contributed by atoms with Gasteiger partial charge in [0.2, 0.25) is 0 Å². The van der Waals surface area contributed by atoms with Crippen LogP contribution in [0.5, 0.6) is 0 Å². The number of aromatic nitrogens is 1. The van der Waals surface area contributed by atoms with E-state index in [0.717, 1.165) is 18.8 Å². The molecule has 3 aromatic rings. The predicted molar refractivity (Wildman–Crippen MR) is 76.6 cm³/mol. The lowest BCUT2D eigenvalue weighted by atomic mass is 10.1. The second-order valence-electron chi connectivity index (χ2n) is 4.26. The molecule has 1 heterocycles. The SMILES string of the molecule is c1ccc2cc(CNCc3cscn3)ccc2c1.